The van der Waals surface area contributed by atoms with Crippen molar-refractivity contribution < 1.29 is 9.90 Å². The van der Waals surface area contributed by atoms with E-state index in [1.807, 2.05) is 39.0 Å². The molecule has 0 saturated heterocycles. The van der Waals surface area contributed by atoms with Gasteiger partial charge in [0.05, 0.1) is 6.04 Å². The molecule has 1 aromatic heterocycles. The monoisotopic (exact) mass is 308 g/mol. The summed E-state index contributed by atoms with van der Waals surface area (Å²) >= 11 is 0. The van der Waals surface area contributed by atoms with E-state index >= 15 is 0 Å². The fraction of sp³-hybridized carbons (Fsp3) is 0.211. The summed E-state index contributed by atoms with van der Waals surface area (Å²) in [6.07, 6.45) is 0. The van der Waals surface area contributed by atoms with E-state index in [1.165, 1.54) is 0 Å². The third-order valence-electron chi connectivity index (χ3n) is 4.05. The molecule has 0 aliphatic heterocycles. The number of aromatic amines is 1. The van der Waals surface area contributed by atoms with Crippen LogP contribution in [0.25, 0.3) is 10.9 Å². The van der Waals surface area contributed by atoms with Gasteiger partial charge in [0.25, 0.3) is 5.91 Å². The van der Waals surface area contributed by atoms with E-state index in [0.29, 0.717) is 5.69 Å². The molecule has 2 aromatic carbocycles. The quantitative estimate of drug-likeness (QED) is 0.685. The molecule has 118 valence electrons. The number of amides is 1. The summed E-state index contributed by atoms with van der Waals surface area (Å²) in [6, 6.07) is 12.7. The number of carbonyl (C=O) groups is 1. The number of aryl methyl sites for hydroxylation is 2. The number of benzene rings is 2. The Bertz CT molecular complexity index is 880. The van der Waals surface area contributed by atoms with Crippen LogP contribution in [0.5, 0.6) is 5.75 Å². The van der Waals surface area contributed by atoms with Crippen molar-refractivity contribution in [1.29, 1.82) is 0 Å². The van der Waals surface area contributed by atoms with Gasteiger partial charge >= 0.3 is 0 Å². The first kappa shape index (κ1) is 15.2. The van der Waals surface area contributed by atoms with Crippen LogP contribution >= 0.6 is 0 Å². The van der Waals surface area contributed by atoms with Gasteiger partial charge in [-0.15, -0.1) is 0 Å². The van der Waals surface area contributed by atoms with E-state index in [1.54, 1.807) is 18.2 Å². The highest BCUT2D eigenvalue weighted by molar-refractivity contribution is 5.99. The Hall–Kier alpha value is -2.75. The number of rotatable bonds is 3. The minimum Gasteiger partial charge on any atom is -0.508 e. The number of phenols is 1. The minimum absolute atomic E-state index is 0.158. The van der Waals surface area contributed by atoms with Crippen LogP contribution in [0.1, 0.15) is 40.1 Å². The van der Waals surface area contributed by atoms with Crippen LogP contribution in [0.4, 0.5) is 0 Å². The lowest BCUT2D eigenvalue weighted by atomic mass is 10.1. The summed E-state index contributed by atoms with van der Waals surface area (Å²) in [5, 5.41) is 13.6. The van der Waals surface area contributed by atoms with E-state index in [0.717, 1.165) is 27.6 Å². The highest BCUT2D eigenvalue weighted by Gasteiger charge is 2.14. The summed E-state index contributed by atoms with van der Waals surface area (Å²) in [6.45, 7) is 5.97. The highest BCUT2D eigenvalue weighted by atomic mass is 16.3. The fourth-order valence-electron chi connectivity index (χ4n) is 2.87. The molecule has 0 aliphatic carbocycles. The first-order valence-corrected chi connectivity index (χ1v) is 7.64. The average Bonchev–Trinajstić information content (AvgIpc) is 2.91. The van der Waals surface area contributed by atoms with Crippen molar-refractivity contribution in [2.24, 2.45) is 0 Å². The predicted octanol–water partition coefficient (Wildman–Crippen LogP) is 3.98. The topological polar surface area (TPSA) is 65.1 Å². The Labute approximate surface area is 135 Å². The van der Waals surface area contributed by atoms with Crippen molar-refractivity contribution in [3.8, 4) is 5.75 Å². The second-order valence-electron chi connectivity index (χ2n) is 6.02. The summed E-state index contributed by atoms with van der Waals surface area (Å²) in [7, 11) is 0. The SMILES string of the molecule is Cc1cc(C)c2cc(C(=O)NC(C)c3cccc(O)c3)[nH]c2c1. The first-order valence-electron chi connectivity index (χ1n) is 7.64. The maximum atomic E-state index is 12.5. The van der Waals surface area contributed by atoms with Gasteiger partial charge < -0.3 is 15.4 Å². The zero-order chi connectivity index (χ0) is 16.6. The molecular formula is C19H20N2O2. The van der Waals surface area contributed by atoms with E-state index in [-0.39, 0.29) is 17.7 Å². The molecule has 1 heterocycles. The number of carbonyl (C=O) groups excluding carboxylic acids is 1. The molecule has 1 amide bonds. The molecule has 0 saturated carbocycles. The van der Waals surface area contributed by atoms with Crippen LogP contribution in [0, 0.1) is 13.8 Å². The van der Waals surface area contributed by atoms with Gasteiger partial charge in [-0.2, -0.15) is 0 Å². The van der Waals surface area contributed by atoms with Crippen molar-refractivity contribution in [1.82, 2.24) is 10.3 Å². The first-order chi connectivity index (χ1) is 10.9. The van der Waals surface area contributed by atoms with Crippen molar-refractivity contribution in [3.05, 3.63) is 64.8 Å². The van der Waals surface area contributed by atoms with Gasteiger partial charge in [-0.3, -0.25) is 4.79 Å². The van der Waals surface area contributed by atoms with Crippen LogP contribution in [0.3, 0.4) is 0 Å². The molecule has 3 aromatic rings. The number of aromatic hydroxyl groups is 1. The van der Waals surface area contributed by atoms with E-state index in [2.05, 4.69) is 16.4 Å². The molecule has 0 aliphatic rings. The molecule has 0 radical (unpaired) electrons. The third kappa shape index (κ3) is 3.06. The number of hydrogen-bond donors (Lipinski definition) is 3. The second-order valence-corrected chi connectivity index (χ2v) is 6.02. The number of phenolic OH excluding ortho intramolecular Hbond substituents is 1. The van der Waals surface area contributed by atoms with Crippen LogP contribution < -0.4 is 5.32 Å². The molecule has 0 spiro atoms. The van der Waals surface area contributed by atoms with E-state index in [4.69, 9.17) is 0 Å². The molecule has 3 rings (SSSR count). The van der Waals surface area contributed by atoms with Gasteiger partial charge in [0.1, 0.15) is 11.4 Å². The number of H-pyrrole nitrogens is 1. The van der Waals surface area contributed by atoms with Crippen LogP contribution in [0.15, 0.2) is 42.5 Å². The Balaban J connectivity index is 1.84. The summed E-state index contributed by atoms with van der Waals surface area (Å²) in [5.74, 6) is 0.0365. The summed E-state index contributed by atoms with van der Waals surface area (Å²) in [5.41, 5.74) is 4.69. The lowest BCUT2D eigenvalue weighted by Gasteiger charge is -2.13. The number of aromatic nitrogens is 1. The highest BCUT2D eigenvalue weighted by Crippen LogP contribution is 2.22. The van der Waals surface area contributed by atoms with Gasteiger partial charge in [0, 0.05) is 10.9 Å². The molecule has 0 bridgehead atoms. The van der Waals surface area contributed by atoms with E-state index < -0.39 is 0 Å². The van der Waals surface area contributed by atoms with E-state index in [9.17, 15) is 9.90 Å². The minimum atomic E-state index is -0.191. The van der Waals surface area contributed by atoms with Crippen LogP contribution in [-0.2, 0) is 0 Å². The molecule has 4 nitrogen and oxygen atoms in total. The Kier molecular flexibility index (Phi) is 3.82. The van der Waals surface area contributed by atoms with Crippen molar-refractivity contribution in [3.63, 3.8) is 0 Å². The Morgan fingerprint density at radius 1 is 1.17 bits per heavy atom. The molecule has 1 unspecified atom stereocenters. The van der Waals surface area contributed by atoms with Gasteiger partial charge in [-0.25, -0.2) is 0 Å². The smallest absolute Gasteiger partial charge is 0.268 e. The molecule has 3 N–H and O–H groups in total. The molecular weight excluding hydrogens is 288 g/mol. The van der Waals surface area contributed by atoms with Crippen LogP contribution in [0.2, 0.25) is 0 Å². The van der Waals surface area contributed by atoms with Gasteiger partial charge in [0.15, 0.2) is 0 Å². The fourth-order valence-corrected chi connectivity index (χ4v) is 2.87. The standard InChI is InChI=1S/C19H20N2O2/c1-11-7-12(2)16-10-18(21-17(16)8-11)19(23)20-13(3)14-5-4-6-15(22)9-14/h4-10,13,21-22H,1-3H3,(H,20,23). The summed E-state index contributed by atoms with van der Waals surface area (Å²) in [4.78, 5) is 15.7. The second kappa shape index (κ2) is 5.80. The predicted molar refractivity (Wildman–Crippen MR) is 91.8 cm³/mol. The van der Waals surface area contributed by atoms with Crippen LogP contribution in [-0.4, -0.2) is 16.0 Å². The molecule has 1 atom stereocenters. The molecule has 23 heavy (non-hydrogen) atoms. The zero-order valence-corrected chi connectivity index (χ0v) is 13.5. The normalized spacial score (nSPS) is 12.3. The third-order valence-corrected chi connectivity index (χ3v) is 4.05. The van der Waals surface area contributed by atoms with Gasteiger partial charge in [-0.05, 0) is 61.7 Å². The number of hydrogen-bond acceptors (Lipinski definition) is 2. The maximum absolute atomic E-state index is 12.5. The maximum Gasteiger partial charge on any atom is 0.268 e. The lowest BCUT2D eigenvalue weighted by molar-refractivity contribution is 0.0935. The lowest BCUT2D eigenvalue weighted by Crippen LogP contribution is -2.26. The summed E-state index contributed by atoms with van der Waals surface area (Å²) < 4.78 is 0. The zero-order valence-electron chi connectivity index (χ0n) is 13.5. The number of nitrogens with one attached hydrogen (secondary N) is 2. The number of fused-ring (bicyclic) bond motifs is 1. The Morgan fingerprint density at radius 2 is 1.96 bits per heavy atom. The molecule has 0 fully saturated rings. The van der Waals surface area contributed by atoms with Gasteiger partial charge in [0.2, 0.25) is 0 Å². The average molecular weight is 308 g/mol. The largest absolute Gasteiger partial charge is 0.508 e. The van der Waals surface area contributed by atoms with Crippen molar-refractivity contribution in [2.45, 2.75) is 26.8 Å². The van der Waals surface area contributed by atoms with Crippen molar-refractivity contribution >= 4 is 16.8 Å². The molecule has 4 heteroatoms. The van der Waals surface area contributed by atoms with Crippen molar-refractivity contribution in [2.75, 3.05) is 0 Å². The Morgan fingerprint density at radius 3 is 2.70 bits per heavy atom. The van der Waals surface area contributed by atoms with Gasteiger partial charge in [-0.1, -0.05) is 18.2 Å².